The van der Waals surface area contributed by atoms with Gasteiger partial charge in [0.2, 0.25) is 0 Å². The monoisotopic (exact) mass is 259 g/mol. The molecule has 0 radical (unpaired) electrons. The number of H-pyrrole nitrogens is 1. The van der Waals surface area contributed by atoms with Crippen LogP contribution in [0.3, 0.4) is 0 Å². The fourth-order valence-electron chi connectivity index (χ4n) is 2.59. The Bertz CT molecular complexity index is 907. The molecule has 0 saturated carbocycles. The van der Waals surface area contributed by atoms with Crippen molar-refractivity contribution in [2.75, 3.05) is 0 Å². The van der Waals surface area contributed by atoms with Crippen molar-refractivity contribution in [3.8, 4) is 11.3 Å². The number of rotatable bonds is 1. The number of nitrogens with zero attached hydrogens (tertiary/aromatic N) is 2. The third-order valence-corrected chi connectivity index (χ3v) is 3.61. The zero-order valence-corrected chi connectivity index (χ0v) is 11.1. The lowest BCUT2D eigenvalue weighted by atomic mass is 10.1. The Morgan fingerprint density at radius 2 is 1.80 bits per heavy atom. The molecule has 0 bridgehead atoms. The Labute approximate surface area is 116 Å². The Hall–Kier alpha value is -2.68. The van der Waals surface area contributed by atoms with E-state index in [-0.39, 0.29) is 0 Å². The summed E-state index contributed by atoms with van der Waals surface area (Å²) in [5, 5.41) is 9.83. The molecule has 0 unspecified atom stereocenters. The first-order chi connectivity index (χ1) is 9.83. The summed E-state index contributed by atoms with van der Waals surface area (Å²) in [5.41, 5.74) is 5.33. The average molecular weight is 259 g/mol. The molecule has 0 aliphatic rings. The molecule has 0 atom stereocenters. The maximum Gasteiger partial charge on any atom is 0.101 e. The molecule has 2 aromatic carbocycles. The summed E-state index contributed by atoms with van der Waals surface area (Å²) in [5.74, 6) is 0. The third kappa shape index (κ3) is 1.60. The lowest BCUT2D eigenvalue weighted by Crippen LogP contribution is -1.82. The highest BCUT2D eigenvalue weighted by atomic mass is 15.1. The van der Waals surface area contributed by atoms with Crippen LogP contribution in [0.1, 0.15) is 5.56 Å². The van der Waals surface area contributed by atoms with Crippen LogP contribution in [-0.4, -0.2) is 15.2 Å². The second-order valence-electron chi connectivity index (χ2n) is 5.01. The van der Waals surface area contributed by atoms with E-state index in [9.17, 15) is 0 Å². The summed E-state index contributed by atoms with van der Waals surface area (Å²) in [6.45, 7) is 2.09. The minimum absolute atomic E-state index is 0.955. The molecule has 3 heteroatoms. The second-order valence-corrected chi connectivity index (χ2v) is 5.01. The molecule has 0 spiro atoms. The van der Waals surface area contributed by atoms with Gasteiger partial charge in [-0.05, 0) is 19.1 Å². The zero-order valence-electron chi connectivity index (χ0n) is 11.1. The van der Waals surface area contributed by atoms with Gasteiger partial charge in [-0.15, -0.1) is 0 Å². The van der Waals surface area contributed by atoms with Gasteiger partial charge in [-0.2, -0.15) is 5.10 Å². The van der Waals surface area contributed by atoms with E-state index in [1.165, 1.54) is 5.56 Å². The van der Waals surface area contributed by atoms with Gasteiger partial charge >= 0.3 is 0 Å². The first kappa shape index (κ1) is 11.2. The molecular weight excluding hydrogens is 246 g/mol. The van der Waals surface area contributed by atoms with Crippen LogP contribution in [0.2, 0.25) is 0 Å². The molecule has 0 amide bonds. The van der Waals surface area contributed by atoms with Crippen molar-refractivity contribution in [3.63, 3.8) is 0 Å². The first-order valence-electron chi connectivity index (χ1n) is 6.62. The summed E-state index contributed by atoms with van der Waals surface area (Å²) in [6.07, 6.45) is 1.90. The number of fused-ring (bicyclic) bond motifs is 3. The van der Waals surface area contributed by atoms with Crippen molar-refractivity contribution in [1.29, 1.82) is 0 Å². The smallest absolute Gasteiger partial charge is 0.101 e. The van der Waals surface area contributed by atoms with E-state index in [0.29, 0.717) is 0 Å². The lowest BCUT2D eigenvalue weighted by molar-refractivity contribution is 1.13. The normalized spacial score (nSPS) is 11.2. The van der Waals surface area contributed by atoms with Crippen molar-refractivity contribution >= 4 is 21.8 Å². The standard InChI is InChI=1S/C17H13N3/c1-11-7-8-15-13(9-11)17-14(10-18-15)16(19-20-17)12-5-3-2-4-6-12/h2-10H,1H3,(H,19,20). The van der Waals surface area contributed by atoms with E-state index < -0.39 is 0 Å². The molecular formula is C17H13N3. The highest BCUT2D eigenvalue weighted by Gasteiger charge is 2.11. The number of aromatic nitrogens is 3. The van der Waals surface area contributed by atoms with Crippen LogP contribution in [0, 0.1) is 6.92 Å². The molecule has 4 rings (SSSR count). The molecule has 4 aromatic rings. The van der Waals surface area contributed by atoms with Crippen LogP contribution in [-0.2, 0) is 0 Å². The minimum atomic E-state index is 0.955. The molecule has 20 heavy (non-hydrogen) atoms. The molecule has 0 fully saturated rings. The summed E-state index contributed by atoms with van der Waals surface area (Å²) in [7, 11) is 0. The average Bonchev–Trinajstić information content (AvgIpc) is 2.92. The largest absolute Gasteiger partial charge is 0.276 e. The lowest BCUT2D eigenvalue weighted by Gasteiger charge is -2.01. The van der Waals surface area contributed by atoms with Gasteiger partial charge in [-0.3, -0.25) is 10.1 Å². The maximum atomic E-state index is 4.55. The fraction of sp³-hybridized carbons (Fsp3) is 0.0588. The SMILES string of the molecule is Cc1ccc2ncc3c(-c4ccccc4)n[nH]c3c2c1. The topological polar surface area (TPSA) is 41.6 Å². The predicted octanol–water partition coefficient (Wildman–Crippen LogP) is 4.09. The summed E-state index contributed by atoms with van der Waals surface area (Å²) in [4.78, 5) is 4.55. The molecule has 0 aliphatic heterocycles. The Morgan fingerprint density at radius 3 is 2.65 bits per heavy atom. The molecule has 0 saturated heterocycles. The van der Waals surface area contributed by atoms with Gasteiger partial charge in [0.15, 0.2) is 0 Å². The van der Waals surface area contributed by atoms with E-state index in [1.54, 1.807) is 0 Å². The van der Waals surface area contributed by atoms with Crippen molar-refractivity contribution in [3.05, 3.63) is 60.3 Å². The number of hydrogen-bond acceptors (Lipinski definition) is 2. The van der Waals surface area contributed by atoms with Gasteiger partial charge in [-0.25, -0.2) is 0 Å². The Kier molecular flexibility index (Phi) is 2.33. The van der Waals surface area contributed by atoms with Crippen LogP contribution in [0.15, 0.2) is 54.7 Å². The Balaban J connectivity index is 2.07. The maximum absolute atomic E-state index is 4.55. The van der Waals surface area contributed by atoms with Crippen LogP contribution in [0.5, 0.6) is 0 Å². The summed E-state index contributed by atoms with van der Waals surface area (Å²) >= 11 is 0. The number of aryl methyl sites for hydroxylation is 1. The number of hydrogen-bond donors (Lipinski definition) is 1. The number of aromatic amines is 1. The van der Waals surface area contributed by atoms with Gasteiger partial charge in [-0.1, -0.05) is 42.0 Å². The highest BCUT2D eigenvalue weighted by molar-refractivity contribution is 6.07. The van der Waals surface area contributed by atoms with Gasteiger partial charge in [0, 0.05) is 22.5 Å². The summed E-state index contributed by atoms with van der Waals surface area (Å²) in [6, 6.07) is 16.5. The van der Waals surface area contributed by atoms with Gasteiger partial charge < -0.3 is 0 Å². The molecule has 1 N–H and O–H groups in total. The van der Waals surface area contributed by atoms with Crippen LogP contribution >= 0.6 is 0 Å². The molecule has 3 nitrogen and oxygen atoms in total. The van der Waals surface area contributed by atoms with Crippen LogP contribution in [0.4, 0.5) is 0 Å². The van der Waals surface area contributed by atoms with Crippen molar-refractivity contribution in [1.82, 2.24) is 15.2 Å². The van der Waals surface area contributed by atoms with E-state index in [1.807, 2.05) is 30.5 Å². The van der Waals surface area contributed by atoms with Gasteiger partial charge in [0.1, 0.15) is 5.69 Å². The van der Waals surface area contributed by atoms with Crippen molar-refractivity contribution < 1.29 is 0 Å². The van der Waals surface area contributed by atoms with Gasteiger partial charge in [0.05, 0.1) is 11.0 Å². The number of nitrogens with one attached hydrogen (secondary N) is 1. The third-order valence-electron chi connectivity index (χ3n) is 3.61. The first-order valence-corrected chi connectivity index (χ1v) is 6.62. The predicted molar refractivity (Wildman–Crippen MR) is 81.6 cm³/mol. The summed E-state index contributed by atoms with van der Waals surface area (Å²) < 4.78 is 0. The second kappa shape index (κ2) is 4.17. The van der Waals surface area contributed by atoms with Crippen LogP contribution in [0.25, 0.3) is 33.1 Å². The van der Waals surface area contributed by atoms with Crippen molar-refractivity contribution in [2.24, 2.45) is 0 Å². The molecule has 2 aromatic heterocycles. The number of benzene rings is 2. The van der Waals surface area contributed by atoms with E-state index in [2.05, 4.69) is 46.4 Å². The zero-order chi connectivity index (χ0) is 13.5. The van der Waals surface area contributed by atoms with Gasteiger partial charge in [0.25, 0.3) is 0 Å². The van der Waals surface area contributed by atoms with Crippen LogP contribution < -0.4 is 0 Å². The quantitative estimate of drug-likeness (QED) is 0.559. The number of pyridine rings is 1. The highest BCUT2D eigenvalue weighted by Crippen LogP contribution is 2.30. The van der Waals surface area contributed by atoms with E-state index in [0.717, 1.165) is 33.1 Å². The van der Waals surface area contributed by atoms with Crippen molar-refractivity contribution in [2.45, 2.75) is 6.92 Å². The Morgan fingerprint density at radius 1 is 0.950 bits per heavy atom. The van der Waals surface area contributed by atoms with E-state index in [4.69, 9.17) is 0 Å². The molecule has 2 heterocycles. The fourth-order valence-corrected chi connectivity index (χ4v) is 2.59. The molecule has 96 valence electrons. The molecule has 0 aliphatic carbocycles. The minimum Gasteiger partial charge on any atom is -0.276 e. The van der Waals surface area contributed by atoms with E-state index >= 15 is 0 Å².